The largest absolute Gasteiger partial charge is 0.493 e. The van der Waals surface area contributed by atoms with Gasteiger partial charge in [0.15, 0.2) is 11.5 Å². The van der Waals surface area contributed by atoms with Crippen LogP contribution in [-0.2, 0) is 6.54 Å². The molecule has 0 spiro atoms. The summed E-state index contributed by atoms with van der Waals surface area (Å²) in [5.74, 6) is 1.36. The lowest BCUT2D eigenvalue weighted by atomic mass is 10.2. The number of ether oxygens (including phenoxy) is 3. The Bertz CT molecular complexity index is 901. The molecular weight excluding hydrogens is 362 g/mol. The normalized spacial score (nSPS) is 10.2. The van der Waals surface area contributed by atoms with Gasteiger partial charge >= 0.3 is 6.03 Å². The van der Waals surface area contributed by atoms with Crippen LogP contribution in [0.5, 0.6) is 17.2 Å². The van der Waals surface area contributed by atoms with E-state index in [-0.39, 0.29) is 0 Å². The number of aromatic nitrogens is 3. The second-order valence-electron chi connectivity index (χ2n) is 5.78. The van der Waals surface area contributed by atoms with Gasteiger partial charge in [0, 0.05) is 17.8 Å². The summed E-state index contributed by atoms with van der Waals surface area (Å²) in [6.45, 7) is 0.609. The van der Waals surface area contributed by atoms with Gasteiger partial charge in [-0.2, -0.15) is 5.10 Å². The first-order chi connectivity index (χ1) is 13.6. The highest BCUT2D eigenvalue weighted by atomic mass is 16.5. The van der Waals surface area contributed by atoms with Crippen molar-refractivity contribution in [1.29, 1.82) is 0 Å². The van der Waals surface area contributed by atoms with E-state index in [2.05, 4.69) is 20.7 Å². The number of nitrogens with one attached hydrogen (secondary N) is 2. The molecule has 3 rings (SSSR count). The monoisotopic (exact) mass is 383 g/mol. The van der Waals surface area contributed by atoms with Crippen LogP contribution in [0, 0.1) is 0 Å². The van der Waals surface area contributed by atoms with Crippen LogP contribution in [0.2, 0.25) is 0 Å². The van der Waals surface area contributed by atoms with E-state index in [1.54, 1.807) is 23.1 Å². The number of methoxy groups -OCH3 is 3. The van der Waals surface area contributed by atoms with Crippen molar-refractivity contribution >= 4 is 17.4 Å². The van der Waals surface area contributed by atoms with E-state index in [0.717, 1.165) is 5.56 Å². The van der Waals surface area contributed by atoms with Gasteiger partial charge < -0.3 is 24.8 Å². The predicted molar refractivity (Wildman–Crippen MR) is 104 cm³/mol. The van der Waals surface area contributed by atoms with Crippen molar-refractivity contribution in [2.24, 2.45) is 0 Å². The summed E-state index contributed by atoms with van der Waals surface area (Å²) in [6, 6.07) is 10.4. The Morgan fingerprint density at radius 1 is 0.964 bits per heavy atom. The molecule has 9 nitrogen and oxygen atoms in total. The van der Waals surface area contributed by atoms with Crippen LogP contribution in [0.25, 0.3) is 0 Å². The van der Waals surface area contributed by atoms with E-state index >= 15 is 0 Å². The first kappa shape index (κ1) is 19.0. The highest BCUT2D eigenvalue weighted by molar-refractivity contribution is 6.00. The fourth-order valence-electron chi connectivity index (χ4n) is 2.64. The van der Waals surface area contributed by atoms with Gasteiger partial charge in [0.2, 0.25) is 5.75 Å². The predicted octanol–water partition coefficient (Wildman–Crippen LogP) is 3.00. The lowest BCUT2D eigenvalue weighted by Gasteiger charge is -2.15. The van der Waals surface area contributed by atoms with E-state index < -0.39 is 6.03 Å². The van der Waals surface area contributed by atoms with Crippen LogP contribution in [0.15, 0.2) is 49.1 Å². The van der Waals surface area contributed by atoms with Crippen LogP contribution in [0.1, 0.15) is 5.56 Å². The van der Waals surface area contributed by atoms with E-state index in [1.165, 1.54) is 27.7 Å². The summed E-state index contributed by atoms with van der Waals surface area (Å²) >= 11 is 0. The molecule has 146 valence electrons. The van der Waals surface area contributed by atoms with E-state index in [0.29, 0.717) is 35.2 Å². The molecule has 3 aromatic rings. The Kier molecular flexibility index (Phi) is 5.95. The molecule has 0 aliphatic heterocycles. The van der Waals surface area contributed by atoms with Crippen molar-refractivity contribution in [1.82, 2.24) is 14.8 Å². The summed E-state index contributed by atoms with van der Waals surface area (Å²) in [5.41, 5.74) is 2.21. The molecule has 28 heavy (non-hydrogen) atoms. The lowest BCUT2D eigenvalue weighted by molar-refractivity contribution is 0.262. The summed E-state index contributed by atoms with van der Waals surface area (Å²) in [4.78, 5) is 16.2. The van der Waals surface area contributed by atoms with Gasteiger partial charge in [-0.25, -0.2) is 14.5 Å². The van der Waals surface area contributed by atoms with Gasteiger partial charge in [0.1, 0.15) is 12.7 Å². The number of amides is 2. The van der Waals surface area contributed by atoms with E-state index in [1.807, 2.05) is 24.3 Å². The Balaban J connectivity index is 1.65. The Morgan fingerprint density at radius 3 is 2.14 bits per heavy atom. The van der Waals surface area contributed by atoms with Crippen molar-refractivity contribution in [3.63, 3.8) is 0 Å². The van der Waals surface area contributed by atoms with Gasteiger partial charge in [-0.15, -0.1) is 0 Å². The van der Waals surface area contributed by atoms with Gasteiger partial charge in [-0.1, -0.05) is 12.1 Å². The van der Waals surface area contributed by atoms with Gasteiger partial charge in [-0.3, -0.25) is 0 Å². The number of carbonyl (C=O) groups excluding carboxylic acids is 1. The molecule has 2 aromatic carbocycles. The minimum absolute atomic E-state index is 0.390. The molecule has 9 heteroatoms. The number of urea groups is 1. The fourth-order valence-corrected chi connectivity index (χ4v) is 2.64. The molecule has 0 aliphatic rings. The Hall–Kier alpha value is -3.75. The van der Waals surface area contributed by atoms with Crippen molar-refractivity contribution in [3.05, 3.63) is 54.6 Å². The van der Waals surface area contributed by atoms with E-state index in [9.17, 15) is 4.79 Å². The summed E-state index contributed by atoms with van der Waals surface area (Å²) in [6.07, 6.45) is 3.14. The molecular formula is C19H21N5O4. The first-order valence-corrected chi connectivity index (χ1v) is 8.42. The Morgan fingerprint density at radius 2 is 1.61 bits per heavy atom. The third-order valence-corrected chi connectivity index (χ3v) is 3.95. The molecule has 0 atom stereocenters. The van der Waals surface area contributed by atoms with Crippen LogP contribution in [-0.4, -0.2) is 42.1 Å². The zero-order valence-electron chi connectivity index (χ0n) is 15.8. The second kappa shape index (κ2) is 8.76. The SMILES string of the molecule is COc1cc(NC(=O)Nc2ccc(Cn3cncn3)cc2)cc(OC)c1OC. The lowest BCUT2D eigenvalue weighted by Crippen LogP contribution is -2.19. The smallest absolute Gasteiger partial charge is 0.323 e. The molecule has 0 radical (unpaired) electrons. The van der Waals surface area contributed by atoms with Gasteiger partial charge in [-0.05, 0) is 17.7 Å². The highest BCUT2D eigenvalue weighted by Crippen LogP contribution is 2.39. The maximum Gasteiger partial charge on any atom is 0.323 e. The third-order valence-electron chi connectivity index (χ3n) is 3.95. The summed E-state index contributed by atoms with van der Waals surface area (Å²) in [5, 5.41) is 9.60. The van der Waals surface area contributed by atoms with Crippen LogP contribution in [0.3, 0.4) is 0 Å². The second-order valence-corrected chi connectivity index (χ2v) is 5.78. The number of hydrogen-bond acceptors (Lipinski definition) is 6. The van der Waals surface area contributed by atoms with Gasteiger partial charge in [0.25, 0.3) is 0 Å². The number of benzene rings is 2. The third kappa shape index (κ3) is 4.50. The quantitative estimate of drug-likeness (QED) is 0.651. The van der Waals surface area contributed by atoms with Crippen molar-refractivity contribution in [2.45, 2.75) is 6.54 Å². The standard InChI is InChI=1S/C19H21N5O4/c1-26-16-8-15(9-17(27-2)18(16)28-3)23-19(25)22-14-6-4-13(5-7-14)10-24-12-20-11-21-24/h4-9,11-12H,10H2,1-3H3,(H2,22,23,25). The average molecular weight is 383 g/mol. The molecule has 1 aromatic heterocycles. The van der Waals surface area contributed by atoms with Crippen LogP contribution >= 0.6 is 0 Å². The molecule has 1 heterocycles. The Labute approximate surface area is 162 Å². The molecule has 2 amide bonds. The molecule has 0 saturated heterocycles. The minimum atomic E-state index is -0.390. The number of hydrogen-bond donors (Lipinski definition) is 2. The summed E-state index contributed by atoms with van der Waals surface area (Å²) in [7, 11) is 4.55. The highest BCUT2D eigenvalue weighted by Gasteiger charge is 2.14. The van der Waals surface area contributed by atoms with Crippen molar-refractivity contribution in [3.8, 4) is 17.2 Å². The maximum absolute atomic E-state index is 12.3. The van der Waals surface area contributed by atoms with Gasteiger partial charge in [0.05, 0.1) is 33.6 Å². The topological polar surface area (TPSA) is 99.5 Å². The molecule has 0 aliphatic carbocycles. The van der Waals surface area contributed by atoms with E-state index in [4.69, 9.17) is 14.2 Å². The number of carbonyl (C=O) groups is 1. The maximum atomic E-state index is 12.3. The molecule has 0 fully saturated rings. The number of rotatable bonds is 7. The average Bonchev–Trinajstić information content (AvgIpc) is 3.21. The zero-order valence-corrected chi connectivity index (χ0v) is 15.8. The van der Waals surface area contributed by atoms with Crippen molar-refractivity contribution in [2.75, 3.05) is 32.0 Å². The van der Waals surface area contributed by atoms with Crippen molar-refractivity contribution < 1.29 is 19.0 Å². The number of nitrogens with zero attached hydrogens (tertiary/aromatic N) is 3. The zero-order chi connectivity index (χ0) is 19.9. The molecule has 0 saturated carbocycles. The molecule has 0 unspecified atom stereocenters. The first-order valence-electron chi connectivity index (χ1n) is 8.42. The van der Waals surface area contributed by atoms with Crippen LogP contribution < -0.4 is 24.8 Å². The number of anilines is 2. The minimum Gasteiger partial charge on any atom is -0.493 e. The molecule has 0 bridgehead atoms. The fraction of sp³-hybridized carbons (Fsp3) is 0.211. The molecule has 2 N–H and O–H groups in total. The summed E-state index contributed by atoms with van der Waals surface area (Å²) < 4.78 is 17.6. The van der Waals surface area contributed by atoms with Crippen LogP contribution in [0.4, 0.5) is 16.2 Å².